The van der Waals surface area contributed by atoms with Gasteiger partial charge in [-0.3, -0.25) is 4.79 Å². The van der Waals surface area contributed by atoms with Gasteiger partial charge in [0.05, 0.1) is 36.9 Å². The van der Waals surface area contributed by atoms with Crippen molar-refractivity contribution in [3.8, 4) is 0 Å². The molecule has 0 fully saturated rings. The van der Waals surface area contributed by atoms with Crippen molar-refractivity contribution in [3.63, 3.8) is 0 Å². The van der Waals surface area contributed by atoms with Crippen molar-refractivity contribution in [1.82, 2.24) is 0 Å². The Morgan fingerprint density at radius 2 is 1.63 bits per heavy atom. The van der Waals surface area contributed by atoms with Crippen molar-refractivity contribution >= 4 is 5.97 Å². The maximum Gasteiger partial charge on any atom is 0.305 e. The fraction of sp³-hybridized carbons (Fsp3) is 0.929. The van der Waals surface area contributed by atoms with Gasteiger partial charge < -0.3 is 19.7 Å². The Bertz CT molecular complexity index is 271. The minimum atomic E-state index is -0.856. The van der Waals surface area contributed by atoms with E-state index in [1.165, 1.54) is 0 Å². The highest BCUT2D eigenvalue weighted by Crippen LogP contribution is 2.20. The van der Waals surface area contributed by atoms with Crippen molar-refractivity contribution in [2.24, 2.45) is 0 Å². The fourth-order valence-electron chi connectivity index (χ4n) is 1.83. The zero-order valence-electron chi connectivity index (χ0n) is 12.7. The molecule has 0 saturated heterocycles. The second-order valence-electron chi connectivity index (χ2n) is 6.16. The summed E-state index contributed by atoms with van der Waals surface area (Å²) in [5.74, 6) is -0.856. The van der Waals surface area contributed by atoms with Crippen molar-refractivity contribution in [2.45, 2.75) is 71.2 Å². The third kappa shape index (κ3) is 10.9. The quantitative estimate of drug-likeness (QED) is 0.640. The highest BCUT2D eigenvalue weighted by atomic mass is 16.5. The van der Waals surface area contributed by atoms with Gasteiger partial charge in [-0.05, 0) is 41.0 Å². The molecule has 0 heterocycles. The first-order valence-corrected chi connectivity index (χ1v) is 6.72. The molecule has 114 valence electrons. The molecule has 19 heavy (non-hydrogen) atoms. The Morgan fingerprint density at radius 1 is 1.11 bits per heavy atom. The number of aliphatic hydroxyl groups excluding tert-OH is 1. The molecule has 0 aromatic carbocycles. The number of ether oxygens (including phenoxy) is 2. The Labute approximate surface area is 115 Å². The molecule has 0 aromatic heterocycles. The highest BCUT2D eigenvalue weighted by Gasteiger charge is 2.24. The van der Waals surface area contributed by atoms with E-state index < -0.39 is 17.7 Å². The summed E-state index contributed by atoms with van der Waals surface area (Å²) in [4.78, 5) is 10.4. The van der Waals surface area contributed by atoms with Crippen molar-refractivity contribution in [3.05, 3.63) is 0 Å². The normalized spacial score (nSPS) is 14.4. The van der Waals surface area contributed by atoms with Gasteiger partial charge in [0, 0.05) is 6.42 Å². The van der Waals surface area contributed by atoms with Crippen LogP contribution < -0.4 is 0 Å². The second-order valence-corrected chi connectivity index (χ2v) is 6.16. The van der Waals surface area contributed by atoms with Crippen LogP contribution in [-0.2, 0) is 14.3 Å². The Morgan fingerprint density at radius 3 is 2.11 bits per heavy atom. The van der Waals surface area contributed by atoms with Crippen LogP contribution in [0.15, 0.2) is 0 Å². The van der Waals surface area contributed by atoms with Crippen molar-refractivity contribution in [1.29, 1.82) is 0 Å². The van der Waals surface area contributed by atoms with E-state index in [0.717, 1.165) is 0 Å². The van der Waals surface area contributed by atoms with Crippen molar-refractivity contribution in [2.75, 3.05) is 13.2 Å². The minimum absolute atomic E-state index is 0.0117. The number of carbonyl (C=O) groups is 1. The molecule has 1 unspecified atom stereocenters. The van der Waals surface area contributed by atoms with Crippen LogP contribution in [0.5, 0.6) is 0 Å². The molecule has 0 rings (SSSR count). The molecule has 0 radical (unpaired) electrons. The van der Waals surface area contributed by atoms with Gasteiger partial charge in [-0.25, -0.2) is 0 Å². The van der Waals surface area contributed by atoms with Crippen molar-refractivity contribution < 1.29 is 24.5 Å². The number of carboxylic acids is 1. The number of aliphatic hydroxyl groups is 1. The van der Waals surface area contributed by atoms with E-state index in [4.69, 9.17) is 14.6 Å². The summed E-state index contributed by atoms with van der Waals surface area (Å²) >= 11 is 0. The highest BCUT2D eigenvalue weighted by molar-refractivity contribution is 5.66. The summed E-state index contributed by atoms with van der Waals surface area (Å²) in [5.41, 5.74) is -0.776. The molecule has 0 aliphatic heterocycles. The Balaban J connectivity index is 3.93. The van der Waals surface area contributed by atoms with Crippen LogP contribution in [0.3, 0.4) is 0 Å². The molecule has 5 nitrogen and oxygen atoms in total. The third-order valence-corrected chi connectivity index (χ3v) is 2.79. The van der Waals surface area contributed by atoms with Gasteiger partial charge in [-0.15, -0.1) is 0 Å². The Hall–Kier alpha value is -0.650. The predicted octanol–water partition coefficient (Wildman–Crippen LogP) is 2.21. The number of hydrogen-bond acceptors (Lipinski definition) is 4. The van der Waals surface area contributed by atoms with E-state index in [1.807, 2.05) is 27.7 Å². The van der Waals surface area contributed by atoms with E-state index in [0.29, 0.717) is 19.4 Å². The summed E-state index contributed by atoms with van der Waals surface area (Å²) < 4.78 is 11.3. The molecule has 0 amide bonds. The summed E-state index contributed by atoms with van der Waals surface area (Å²) in [7, 11) is 0. The van der Waals surface area contributed by atoms with Gasteiger partial charge in [0.2, 0.25) is 0 Å². The van der Waals surface area contributed by atoms with Gasteiger partial charge in [0.1, 0.15) is 0 Å². The largest absolute Gasteiger partial charge is 0.481 e. The number of aliphatic carboxylic acids is 1. The van der Waals surface area contributed by atoms with Crippen LogP contribution in [0, 0.1) is 0 Å². The first-order valence-electron chi connectivity index (χ1n) is 6.72. The fourth-order valence-corrected chi connectivity index (χ4v) is 1.83. The average molecular weight is 276 g/mol. The molecule has 0 aliphatic rings. The van der Waals surface area contributed by atoms with Crippen LogP contribution >= 0.6 is 0 Å². The molecular formula is C14H28O5. The smallest absolute Gasteiger partial charge is 0.305 e. The predicted molar refractivity (Wildman–Crippen MR) is 73.2 cm³/mol. The van der Waals surface area contributed by atoms with Crippen LogP contribution in [0.2, 0.25) is 0 Å². The first kappa shape index (κ1) is 18.4. The summed E-state index contributed by atoms with van der Waals surface area (Å²) in [5, 5.41) is 17.9. The molecule has 0 aromatic rings. The SMILES string of the molecule is CC(O)CC(C)(C)OCCC(C)(C)OCCC(=O)O. The molecule has 0 aliphatic carbocycles. The van der Waals surface area contributed by atoms with Crippen LogP contribution in [0.1, 0.15) is 53.9 Å². The van der Waals surface area contributed by atoms with Crippen LogP contribution in [-0.4, -0.2) is 46.7 Å². The molecule has 0 bridgehead atoms. The summed E-state index contributed by atoms with van der Waals surface area (Å²) in [6, 6.07) is 0. The third-order valence-electron chi connectivity index (χ3n) is 2.79. The molecule has 0 spiro atoms. The lowest BCUT2D eigenvalue weighted by molar-refractivity contribution is -0.140. The van der Waals surface area contributed by atoms with Gasteiger partial charge in [-0.2, -0.15) is 0 Å². The van der Waals surface area contributed by atoms with E-state index in [1.54, 1.807) is 6.92 Å². The second kappa shape index (κ2) is 7.82. The molecule has 1 atom stereocenters. The average Bonchev–Trinajstić information content (AvgIpc) is 2.12. The summed E-state index contributed by atoms with van der Waals surface area (Å²) in [6.07, 6.45) is 0.871. The maximum atomic E-state index is 10.4. The van der Waals surface area contributed by atoms with Crippen LogP contribution in [0.4, 0.5) is 0 Å². The summed E-state index contributed by atoms with van der Waals surface area (Å²) in [6.45, 7) is 10.2. The number of hydrogen-bond donors (Lipinski definition) is 2. The first-order chi connectivity index (χ1) is 8.54. The van der Waals surface area contributed by atoms with Gasteiger partial charge >= 0.3 is 5.97 Å². The van der Waals surface area contributed by atoms with E-state index in [2.05, 4.69) is 0 Å². The van der Waals surface area contributed by atoms with E-state index >= 15 is 0 Å². The molecule has 2 N–H and O–H groups in total. The molecule has 0 saturated carbocycles. The number of carboxylic acid groups (broad SMARTS) is 1. The molecule has 5 heteroatoms. The monoisotopic (exact) mass is 276 g/mol. The lowest BCUT2D eigenvalue weighted by atomic mass is 10.0. The number of rotatable bonds is 10. The Kier molecular flexibility index (Phi) is 7.55. The standard InChI is InChI=1S/C14H28O5/c1-11(15)10-14(4,5)19-9-7-13(2,3)18-8-6-12(16)17/h11,15H,6-10H2,1-5H3,(H,16,17). The van der Waals surface area contributed by atoms with Gasteiger partial charge in [0.15, 0.2) is 0 Å². The van der Waals surface area contributed by atoms with Gasteiger partial charge in [-0.1, -0.05) is 0 Å². The van der Waals surface area contributed by atoms with E-state index in [9.17, 15) is 9.90 Å². The van der Waals surface area contributed by atoms with Crippen LogP contribution in [0.25, 0.3) is 0 Å². The lowest BCUT2D eigenvalue weighted by Crippen LogP contribution is -2.33. The topological polar surface area (TPSA) is 76.0 Å². The minimum Gasteiger partial charge on any atom is -0.481 e. The lowest BCUT2D eigenvalue weighted by Gasteiger charge is -2.30. The maximum absolute atomic E-state index is 10.4. The zero-order chi connectivity index (χ0) is 15.1. The molecular weight excluding hydrogens is 248 g/mol. The van der Waals surface area contributed by atoms with Gasteiger partial charge in [0.25, 0.3) is 0 Å². The zero-order valence-corrected chi connectivity index (χ0v) is 12.7. The van der Waals surface area contributed by atoms with E-state index in [-0.39, 0.29) is 18.6 Å².